The second-order valence-electron chi connectivity index (χ2n) is 6.65. The summed E-state index contributed by atoms with van der Waals surface area (Å²) in [6, 6.07) is 11.9. The summed E-state index contributed by atoms with van der Waals surface area (Å²) in [7, 11) is -3.79. The highest BCUT2D eigenvalue weighted by Crippen LogP contribution is 2.23. The van der Waals surface area contributed by atoms with Gasteiger partial charge >= 0.3 is 0 Å². The number of hydrogen-bond acceptors (Lipinski definition) is 4. The van der Waals surface area contributed by atoms with Crippen molar-refractivity contribution in [3.63, 3.8) is 0 Å². The van der Waals surface area contributed by atoms with Crippen LogP contribution in [-0.4, -0.2) is 34.0 Å². The van der Waals surface area contributed by atoms with Crippen molar-refractivity contribution in [2.45, 2.75) is 18.7 Å². The molecule has 2 aromatic carbocycles. The van der Waals surface area contributed by atoms with Gasteiger partial charge in [0.05, 0.1) is 16.1 Å². The number of aryl methyl sites for hydroxylation is 2. The number of carbonyl (C=O) groups is 1. The predicted octanol–water partition coefficient (Wildman–Crippen LogP) is 2.48. The largest absolute Gasteiger partial charge is 0.352 e. The molecule has 27 heavy (non-hydrogen) atoms. The SMILES string of the molecule is Cc1ccc(C)c(S(=O)(=O)Nc2ccccc2C(=O)NCC2CNC2)c1.Cl. The molecule has 0 aliphatic carbocycles. The van der Waals surface area contributed by atoms with Crippen molar-refractivity contribution in [3.8, 4) is 0 Å². The number of anilines is 1. The highest BCUT2D eigenvalue weighted by atomic mass is 35.5. The third-order valence-electron chi connectivity index (χ3n) is 4.47. The zero-order chi connectivity index (χ0) is 18.7. The number of para-hydroxylation sites is 1. The molecule has 0 saturated carbocycles. The third-order valence-corrected chi connectivity index (χ3v) is 5.97. The first-order chi connectivity index (χ1) is 12.4. The van der Waals surface area contributed by atoms with Crippen LogP contribution in [0.3, 0.4) is 0 Å². The van der Waals surface area contributed by atoms with Crippen molar-refractivity contribution >= 4 is 34.0 Å². The molecule has 2 aromatic rings. The van der Waals surface area contributed by atoms with Crippen LogP contribution in [0.1, 0.15) is 21.5 Å². The molecule has 146 valence electrons. The predicted molar refractivity (Wildman–Crippen MR) is 109 cm³/mol. The van der Waals surface area contributed by atoms with Crippen LogP contribution in [0.15, 0.2) is 47.4 Å². The Labute approximate surface area is 166 Å². The Morgan fingerprint density at radius 2 is 1.85 bits per heavy atom. The first kappa shape index (κ1) is 21.2. The van der Waals surface area contributed by atoms with Gasteiger partial charge in [-0.2, -0.15) is 0 Å². The first-order valence-electron chi connectivity index (χ1n) is 8.55. The van der Waals surface area contributed by atoms with Crippen LogP contribution in [0.4, 0.5) is 5.69 Å². The summed E-state index contributed by atoms with van der Waals surface area (Å²) in [6.45, 7) is 5.95. The van der Waals surface area contributed by atoms with Gasteiger partial charge in [0.15, 0.2) is 0 Å². The number of halogens is 1. The molecule has 0 spiro atoms. The van der Waals surface area contributed by atoms with Crippen LogP contribution in [-0.2, 0) is 10.0 Å². The highest BCUT2D eigenvalue weighted by Gasteiger charge is 2.22. The standard InChI is InChI=1S/C19H23N3O3S.ClH/c1-13-7-8-14(2)18(9-13)26(24,25)22-17-6-4-3-5-16(17)19(23)21-12-15-10-20-11-15;/h3-9,15,20,22H,10-12H2,1-2H3,(H,21,23);1H. The van der Waals surface area contributed by atoms with Crippen molar-refractivity contribution < 1.29 is 13.2 Å². The van der Waals surface area contributed by atoms with E-state index < -0.39 is 10.0 Å². The van der Waals surface area contributed by atoms with Gasteiger partial charge in [-0.15, -0.1) is 12.4 Å². The molecular weight excluding hydrogens is 386 g/mol. The van der Waals surface area contributed by atoms with E-state index in [-0.39, 0.29) is 28.9 Å². The minimum Gasteiger partial charge on any atom is -0.352 e. The number of rotatable bonds is 6. The molecule has 0 unspecified atom stereocenters. The molecule has 3 rings (SSSR count). The normalized spacial score (nSPS) is 14.0. The summed E-state index contributed by atoms with van der Waals surface area (Å²) < 4.78 is 28.2. The van der Waals surface area contributed by atoms with E-state index in [0.29, 0.717) is 23.6 Å². The van der Waals surface area contributed by atoms with Gasteiger partial charge in [-0.1, -0.05) is 24.3 Å². The maximum Gasteiger partial charge on any atom is 0.262 e. The van der Waals surface area contributed by atoms with E-state index in [4.69, 9.17) is 0 Å². The zero-order valence-corrected chi connectivity index (χ0v) is 16.9. The summed E-state index contributed by atoms with van der Waals surface area (Å²) in [4.78, 5) is 12.7. The van der Waals surface area contributed by atoms with E-state index in [1.54, 1.807) is 43.3 Å². The average Bonchev–Trinajstić information content (AvgIpc) is 2.55. The topological polar surface area (TPSA) is 87.3 Å². The van der Waals surface area contributed by atoms with Gasteiger partial charge in [-0.05, 0) is 43.2 Å². The first-order valence-corrected chi connectivity index (χ1v) is 10.0. The molecule has 1 aliphatic heterocycles. The summed E-state index contributed by atoms with van der Waals surface area (Å²) in [5.41, 5.74) is 2.10. The summed E-state index contributed by atoms with van der Waals surface area (Å²) >= 11 is 0. The van der Waals surface area contributed by atoms with Crippen molar-refractivity contribution in [1.82, 2.24) is 10.6 Å². The highest BCUT2D eigenvalue weighted by molar-refractivity contribution is 7.92. The molecule has 6 nitrogen and oxygen atoms in total. The van der Waals surface area contributed by atoms with E-state index >= 15 is 0 Å². The Morgan fingerprint density at radius 3 is 2.52 bits per heavy atom. The number of nitrogens with one attached hydrogen (secondary N) is 3. The summed E-state index contributed by atoms with van der Waals surface area (Å²) in [6.07, 6.45) is 0. The van der Waals surface area contributed by atoms with E-state index in [1.807, 2.05) is 13.0 Å². The lowest BCUT2D eigenvalue weighted by Gasteiger charge is -2.27. The maximum absolute atomic E-state index is 12.8. The molecule has 1 aliphatic rings. The molecule has 8 heteroatoms. The number of hydrogen-bond donors (Lipinski definition) is 3. The molecular formula is C19H24ClN3O3S. The van der Waals surface area contributed by atoms with Gasteiger partial charge in [0.2, 0.25) is 0 Å². The average molecular weight is 410 g/mol. The fraction of sp³-hybridized carbons (Fsp3) is 0.316. The lowest BCUT2D eigenvalue weighted by molar-refractivity contribution is 0.0943. The number of amides is 1. The van der Waals surface area contributed by atoms with Gasteiger partial charge in [-0.25, -0.2) is 8.42 Å². The zero-order valence-electron chi connectivity index (χ0n) is 15.3. The Kier molecular flexibility index (Phi) is 6.86. The third kappa shape index (κ3) is 5.00. The van der Waals surface area contributed by atoms with Gasteiger partial charge in [0.25, 0.3) is 15.9 Å². The van der Waals surface area contributed by atoms with Crippen LogP contribution < -0.4 is 15.4 Å². The van der Waals surface area contributed by atoms with E-state index in [1.165, 1.54) is 0 Å². The van der Waals surface area contributed by atoms with Crippen molar-refractivity contribution in [3.05, 3.63) is 59.2 Å². The Bertz CT molecular complexity index is 928. The molecule has 0 atom stereocenters. The maximum atomic E-state index is 12.8. The van der Waals surface area contributed by atoms with Crippen molar-refractivity contribution in [2.24, 2.45) is 5.92 Å². The molecule has 1 amide bonds. The molecule has 1 saturated heterocycles. The molecule has 0 bridgehead atoms. The van der Waals surface area contributed by atoms with Crippen LogP contribution in [0.5, 0.6) is 0 Å². The molecule has 1 heterocycles. The van der Waals surface area contributed by atoms with Crippen LogP contribution in [0.2, 0.25) is 0 Å². The van der Waals surface area contributed by atoms with Gasteiger partial charge in [-0.3, -0.25) is 9.52 Å². The molecule has 0 aromatic heterocycles. The van der Waals surface area contributed by atoms with Crippen LogP contribution in [0.25, 0.3) is 0 Å². The van der Waals surface area contributed by atoms with E-state index in [2.05, 4.69) is 15.4 Å². The lowest BCUT2D eigenvalue weighted by atomic mass is 10.0. The van der Waals surface area contributed by atoms with Crippen molar-refractivity contribution in [2.75, 3.05) is 24.4 Å². The van der Waals surface area contributed by atoms with Crippen LogP contribution in [0, 0.1) is 19.8 Å². The Balaban J connectivity index is 0.00000261. The lowest BCUT2D eigenvalue weighted by Crippen LogP contribution is -2.48. The number of sulfonamides is 1. The Morgan fingerprint density at radius 1 is 1.15 bits per heavy atom. The van der Waals surface area contributed by atoms with Gasteiger partial charge in [0.1, 0.15) is 0 Å². The van der Waals surface area contributed by atoms with Gasteiger partial charge in [0, 0.05) is 25.6 Å². The number of carbonyl (C=O) groups excluding carboxylic acids is 1. The van der Waals surface area contributed by atoms with Gasteiger partial charge < -0.3 is 10.6 Å². The molecule has 0 radical (unpaired) electrons. The smallest absolute Gasteiger partial charge is 0.262 e. The minimum absolute atomic E-state index is 0. The fourth-order valence-corrected chi connectivity index (χ4v) is 4.20. The second kappa shape index (κ2) is 8.73. The summed E-state index contributed by atoms with van der Waals surface area (Å²) in [5.74, 6) is 0.147. The Hall–Kier alpha value is -2.09. The second-order valence-corrected chi connectivity index (χ2v) is 8.31. The monoisotopic (exact) mass is 409 g/mol. The quantitative estimate of drug-likeness (QED) is 0.684. The summed E-state index contributed by atoms with van der Waals surface area (Å²) in [5, 5.41) is 6.03. The van der Waals surface area contributed by atoms with E-state index in [9.17, 15) is 13.2 Å². The minimum atomic E-state index is -3.79. The fourth-order valence-electron chi connectivity index (χ4n) is 2.79. The molecule has 1 fully saturated rings. The van der Waals surface area contributed by atoms with Crippen LogP contribution >= 0.6 is 12.4 Å². The number of benzene rings is 2. The molecule has 3 N–H and O–H groups in total. The van der Waals surface area contributed by atoms with Crippen molar-refractivity contribution in [1.29, 1.82) is 0 Å². The van der Waals surface area contributed by atoms with E-state index in [0.717, 1.165) is 18.7 Å².